The van der Waals surface area contributed by atoms with Gasteiger partial charge in [-0.1, -0.05) is 43.1 Å². The van der Waals surface area contributed by atoms with Crippen LogP contribution < -0.4 is 14.8 Å². The van der Waals surface area contributed by atoms with E-state index in [2.05, 4.69) is 19.2 Å². The Labute approximate surface area is 164 Å². The van der Waals surface area contributed by atoms with E-state index in [0.717, 1.165) is 12.0 Å². The third-order valence-corrected chi connectivity index (χ3v) is 4.20. The van der Waals surface area contributed by atoms with Crippen LogP contribution in [0.25, 0.3) is 0 Å². The van der Waals surface area contributed by atoms with E-state index in [1.54, 1.807) is 25.3 Å². The molecule has 1 amide bonds. The highest BCUT2D eigenvalue weighted by atomic mass is 35.5. The van der Waals surface area contributed by atoms with E-state index in [1.807, 2.05) is 18.2 Å². The zero-order valence-electron chi connectivity index (χ0n) is 15.1. The fraction of sp³-hybridized carbons (Fsp3) is 0.350. The summed E-state index contributed by atoms with van der Waals surface area (Å²) in [5, 5.41) is 3.69. The second-order valence-electron chi connectivity index (χ2n) is 6.36. The molecule has 0 saturated heterocycles. The molecule has 6 heteroatoms. The molecule has 26 heavy (non-hydrogen) atoms. The highest BCUT2D eigenvalue weighted by Gasteiger charge is 2.10. The molecule has 0 unspecified atom stereocenters. The van der Waals surface area contributed by atoms with Gasteiger partial charge in [-0.05, 0) is 48.2 Å². The molecule has 0 saturated carbocycles. The maximum atomic E-state index is 12.3. The van der Waals surface area contributed by atoms with Crippen molar-refractivity contribution >= 4 is 29.1 Å². The zero-order valence-corrected chi connectivity index (χ0v) is 16.7. The van der Waals surface area contributed by atoms with Crippen LogP contribution in [-0.2, 0) is 6.54 Å². The summed E-state index contributed by atoms with van der Waals surface area (Å²) in [5.41, 5.74) is 1.32. The third kappa shape index (κ3) is 6.11. The van der Waals surface area contributed by atoms with Gasteiger partial charge in [0.25, 0.3) is 5.91 Å². The molecule has 0 atom stereocenters. The molecule has 0 aliphatic heterocycles. The van der Waals surface area contributed by atoms with Gasteiger partial charge in [0.05, 0.1) is 13.7 Å². The first-order valence-electron chi connectivity index (χ1n) is 8.43. The lowest BCUT2D eigenvalue weighted by Crippen LogP contribution is -2.22. The van der Waals surface area contributed by atoms with E-state index in [1.165, 1.54) is 0 Å². The molecule has 0 fully saturated rings. The predicted octanol–water partition coefficient (Wildman–Crippen LogP) is 5.36. The number of nitrogens with one attached hydrogen (secondary N) is 1. The average molecular weight is 396 g/mol. The summed E-state index contributed by atoms with van der Waals surface area (Å²) in [7, 11) is 1.60. The summed E-state index contributed by atoms with van der Waals surface area (Å²) in [6.07, 6.45) is 0.975. The Morgan fingerprint density at radius 2 is 1.77 bits per heavy atom. The Balaban J connectivity index is 1.99. The summed E-state index contributed by atoms with van der Waals surface area (Å²) >= 11 is 11.9. The Morgan fingerprint density at radius 1 is 1.08 bits per heavy atom. The molecule has 0 radical (unpaired) electrons. The van der Waals surface area contributed by atoms with Gasteiger partial charge in [-0.15, -0.1) is 0 Å². The van der Waals surface area contributed by atoms with Gasteiger partial charge in [0.1, 0.15) is 0 Å². The quantitative estimate of drug-likeness (QED) is 0.654. The second kappa shape index (κ2) is 9.70. The van der Waals surface area contributed by atoms with Crippen LogP contribution in [0.15, 0.2) is 36.4 Å². The minimum absolute atomic E-state index is 0.245. The molecule has 2 rings (SSSR count). The lowest BCUT2D eigenvalue weighted by atomic mass is 10.1. The van der Waals surface area contributed by atoms with Crippen molar-refractivity contribution in [3.63, 3.8) is 0 Å². The van der Waals surface area contributed by atoms with E-state index in [4.69, 9.17) is 32.7 Å². The highest BCUT2D eigenvalue weighted by molar-refractivity contribution is 6.35. The Morgan fingerprint density at radius 3 is 2.38 bits per heavy atom. The molecule has 2 aromatic rings. The van der Waals surface area contributed by atoms with Gasteiger partial charge in [-0.2, -0.15) is 0 Å². The number of halogens is 2. The molecule has 0 bridgehead atoms. The lowest BCUT2D eigenvalue weighted by Gasteiger charge is -2.13. The van der Waals surface area contributed by atoms with Crippen LogP contribution in [0.4, 0.5) is 0 Å². The number of benzene rings is 2. The minimum Gasteiger partial charge on any atom is -0.493 e. The summed E-state index contributed by atoms with van der Waals surface area (Å²) in [6, 6.07) is 10.4. The van der Waals surface area contributed by atoms with Gasteiger partial charge in [-0.25, -0.2) is 0 Å². The molecule has 1 N–H and O–H groups in total. The number of amides is 1. The van der Waals surface area contributed by atoms with Crippen LogP contribution in [0.3, 0.4) is 0 Å². The van der Waals surface area contributed by atoms with Gasteiger partial charge >= 0.3 is 0 Å². The molecule has 0 aromatic heterocycles. The molecule has 4 nitrogen and oxygen atoms in total. The van der Waals surface area contributed by atoms with Crippen molar-refractivity contribution in [1.29, 1.82) is 0 Å². The van der Waals surface area contributed by atoms with E-state index in [9.17, 15) is 4.79 Å². The van der Waals surface area contributed by atoms with Gasteiger partial charge in [0, 0.05) is 22.2 Å². The van der Waals surface area contributed by atoms with Crippen molar-refractivity contribution in [2.45, 2.75) is 26.8 Å². The summed E-state index contributed by atoms with van der Waals surface area (Å²) in [6.45, 7) is 5.30. The monoisotopic (exact) mass is 395 g/mol. The topological polar surface area (TPSA) is 47.6 Å². The van der Waals surface area contributed by atoms with E-state index < -0.39 is 0 Å². The normalized spacial score (nSPS) is 10.7. The fourth-order valence-corrected chi connectivity index (χ4v) is 2.84. The Bertz CT molecular complexity index is 742. The molecule has 2 aromatic carbocycles. The number of carbonyl (C=O) groups is 1. The molecular formula is C20H23Cl2NO3. The van der Waals surface area contributed by atoms with Crippen molar-refractivity contribution in [3.8, 4) is 11.5 Å². The van der Waals surface area contributed by atoms with Crippen molar-refractivity contribution < 1.29 is 14.3 Å². The van der Waals surface area contributed by atoms with Crippen LogP contribution >= 0.6 is 23.2 Å². The molecule has 0 heterocycles. The van der Waals surface area contributed by atoms with Crippen molar-refractivity contribution in [1.82, 2.24) is 5.32 Å². The van der Waals surface area contributed by atoms with Crippen LogP contribution in [0, 0.1) is 5.92 Å². The molecule has 0 aliphatic rings. The number of hydrogen-bond donors (Lipinski definition) is 1. The summed E-state index contributed by atoms with van der Waals surface area (Å²) in [5.74, 6) is 1.68. The van der Waals surface area contributed by atoms with Crippen molar-refractivity contribution in [3.05, 3.63) is 57.6 Å². The van der Waals surface area contributed by atoms with Crippen LogP contribution in [0.2, 0.25) is 10.0 Å². The SMILES string of the molecule is COc1cc(CNC(=O)c2cc(Cl)cc(Cl)c2)ccc1OCCC(C)C. The Hall–Kier alpha value is -1.91. The number of rotatable bonds is 8. The van der Waals surface area contributed by atoms with Crippen LogP contribution in [0.1, 0.15) is 36.2 Å². The first-order valence-corrected chi connectivity index (χ1v) is 9.18. The largest absolute Gasteiger partial charge is 0.493 e. The first kappa shape index (κ1) is 20.4. The molecule has 0 spiro atoms. The van der Waals surface area contributed by atoms with Gasteiger partial charge < -0.3 is 14.8 Å². The zero-order chi connectivity index (χ0) is 19.1. The van der Waals surface area contributed by atoms with E-state index in [-0.39, 0.29) is 5.91 Å². The highest BCUT2D eigenvalue weighted by Crippen LogP contribution is 2.28. The van der Waals surface area contributed by atoms with Crippen LogP contribution in [-0.4, -0.2) is 19.6 Å². The van der Waals surface area contributed by atoms with Gasteiger partial charge in [0.2, 0.25) is 0 Å². The minimum atomic E-state index is -0.245. The lowest BCUT2D eigenvalue weighted by molar-refractivity contribution is 0.0951. The van der Waals surface area contributed by atoms with E-state index >= 15 is 0 Å². The third-order valence-electron chi connectivity index (χ3n) is 3.76. The number of hydrogen-bond acceptors (Lipinski definition) is 3. The van der Waals surface area contributed by atoms with E-state index in [0.29, 0.717) is 46.2 Å². The van der Waals surface area contributed by atoms with Crippen LogP contribution in [0.5, 0.6) is 11.5 Å². The first-order chi connectivity index (χ1) is 12.4. The summed E-state index contributed by atoms with van der Waals surface area (Å²) in [4.78, 5) is 12.3. The number of carbonyl (C=O) groups excluding carboxylic acids is 1. The van der Waals surface area contributed by atoms with Gasteiger partial charge in [-0.3, -0.25) is 4.79 Å². The fourth-order valence-electron chi connectivity index (χ4n) is 2.32. The average Bonchev–Trinajstić information content (AvgIpc) is 2.59. The summed E-state index contributed by atoms with van der Waals surface area (Å²) < 4.78 is 11.2. The number of ether oxygens (including phenoxy) is 2. The maximum Gasteiger partial charge on any atom is 0.251 e. The molecule has 140 valence electrons. The standard InChI is InChI=1S/C20H23Cl2NO3/c1-13(2)6-7-26-18-5-4-14(8-19(18)25-3)12-23-20(24)15-9-16(21)11-17(22)10-15/h4-5,8-11,13H,6-7,12H2,1-3H3,(H,23,24). The predicted molar refractivity (Wildman–Crippen MR) is 106 cm³/mol. The molecule has 0 aliphatic carbocycles. The van der Waals surface area contributed by atoms with Crippen molar-refractivity contribution in [2.24, 2.45) is 5.92 Å². The second-order valence-corrected chi connectivity index (χ2v) is 7.23. The van der Waals surface area contributed by atoms with Gasteiger partial charge in [0.15, 0.2) is 11.5 Å². The van der Waals surface area contributed by atoms with Crippen molar-refractivity contribution in [2.75, 3.05) is 13.7 Å². The molecular weight excluding hydrogens is 373 g/mol. The Kier molecular flexibility index (Phi) is 7.61. The number of methoxy groups -OCH3 is 1. The maximum absolute atomic E-state index is 12.3. The smallest absolute Gasteiger partial charge is 0.251 e.